The maximum absolute atomic E-state index is 12.6. The first kappa shape index (κ1) is 20.7. The molecule has 0 saturated carbocycles. The molecule has 0 aliphatic carbocycles. The van der Waals surface area contributed by atoms with Gasteiger partial charge in [-0.3, -0.25) is 4.79 Å². The van der Waals surface area contributed by atoms with Gasteiger partial charge in [0.2, 0.25) is 0 Å². The first-order valence-corrected chi connectivity index (χ1v) is 9.99. The van der Waals surface area contributed by atoms with Crippen molar-refractivity contribution in [3.8, 4) is 22.6 Å². The highest BCUT2D eigenvalue weighted by Crippen LogP contribution is 2.30. The van der Waals surface area contributed by atoms with Crippen LogP contribution in [-0.4, -0.2) is 13.1 Å². The van der Waals surface area contributed by atoms with Gasteiger partial charge in [0.05, 0.1) is 19.1 Å². The van der Waals surface area contributed by atoms with Crippen molar-refractivity contribution in [2.45, 2.75) is 13.3 Å². The molecule has 5 nitrogen and oxygen atoms in total. The van der Waals surface area contributed by atoms with E-state index in [1.807, 2.05) is 19.1 Å². The third-order valence-corrected chi connectivity index (χ3v) is 5.26. The lowest BCUT2D eigenvalue weighted by Gasteiger charge is -2.10. The number of fused-ring (bicyclic) bond motifs is 1. The van der Waals surface area contributed by atoms with Crippen LogP contribution in [0.2, 0.25) is 5.02 Å². The van der Waals surface area contributed by atoms with Gasteiger partial charge in [-0.25, -0.2) is 4.79 Å². The molecule has 0 N–H and O–H groups in total. The van der Waals surface area contributed by atoms with Gasteiger partial charge in [-0.2, -0.15) is 0 Å². The molecule has 0 radical (unpaired) electrons. The monoisotopic (exact) mass is 434 g/mol. The first-order valence-electron chi connectivity index (χ1n) is 9.61. The normalized spacial score (nSPS) is 10.8. The van der Waals surface area contributed by atoms with Crippen molar-refractivity contribution in [2.24, 2.45) is 0 Å². The van der Waals surface area contributed by atoms with Gasteiger partial charge >= 0.3 is 11.6 Å². The van der Waals surface area contributed by atoms with Crippen molar-refractivity contribution in [1.29, 1.82) is 0 Å². The molecule has 0 unspecified atom stereocenters. The molecule has 0 aliphatic heterocycles. The third kappa shape index (κ3) is 4.47. The minimum atomic E-state index is -0.434. The smallest absolute Gasteiger partial charge is 0.344 e. The van der Waals surface area contributed by atoms with Crippen LogP contribution >= 0.6 is 11.6 Å². The van der Waals surface area contributed by atoms with Gasteiger partial charge in [0.15, 0.2) is 0 Å². The Morgan fingerprint density at radius 2 is 1.65 bits per heavy atom. The Kier molecular flexibility index (Phi) is 5.78. The number of aryl methyl sites for hydroxylation is 1. The van der Waals surface area contributed by atoms with E-state index < -0.39 is 11.6 Å². The molecule has 0 amide bonds. The standard InChI is InChI=1S/C25H19ClO5/c1-15-21-14-20(30-23(27)13-16-3-9-19(29-2)10-4-16)11-12-22(21)31-25(28)24(15)17-5-7-18(26)8-6-17/h3-12,14H,13H2,1-2H3. The van der Waals surface area contributed by atoms with Gasteiger partial charge < -0.3 is 13.9 Å². The molecule has 0 saturated heterocycles. The van der Waals surface area contributed by atoms with Crippen LogP contribution in [0.1, 0.15) is 11.1 Å². The second-order valence-corrected chi connectivity index (χ2v) is 7.49. The number of methoxy groups -OCH3 is 1. The van der Waals surface area contributed by atoms with E-state index in [2.05, 4.69) is 0 Å². The van der Waals surface area contributed by atoms with E-state index in [0.717, 1.165) is 16.9 Å². The minimum Gasteiger partial charge on any atom is -0.497 e. The Morgan fingerprint density at radius 3 is 2.32 bits per heavy atom. The summed E-state index contributed by atoms with van der Waals surface area (Å²) in [6, 6.07) is 19.1. The molecule has 0 spiro atoms. The molecular formula is C25H19ClO5. The SMILES string of the molecule is COc1ccc(CC(=O)Oc2ccc3oc(=O)c(-c4ccc(Cl)cc4)c(C)c3c2)cc1. The highest BCUT2D eigenvalue weighted by atomic mass is 35.5. The number of ether oxygens (including phenoxy) is 2. The third-order valence-electron chi connectivity index (χ3n) is 5.01. The van der Waals surface area contributed by atoms with E-state index >= 15 is 0 Å². The summed E-state index contributed by atoms with van der Waals surface area (Å²) in [7, 11) is 1.59. The van der Waals surface area contributed by atoms with Crippen LogP contribution < -0.4 is 15.1 Å². The number of carbonyl (C=O) groups is 1. The second kappa shape index (κ2) is 8.66. The summed E-state index contributed by atoms with van der Waals surface area (Å²) in [5.41, 5.74) is 2.71. The minimum absolute atomic E-state index is 0.126. The zero-order chi connectivity index (χ0) is 22.0. The Morgan fingerprint density at radius 1 is 0.968 bits per heavy atom. The number of hydrogen-bond donors (Lipinski definition) is 0. The van der Waals surface area contributed by atoms with Gasteiger partial charge in [0.25, 0.3) is 0 Å². The number of carbonyl (C=O) groups excluding carboxylic acids is 1. The fourth-order valence-electron chi connectivity index (χ4n) is 3.42. The molecule has 4 aromatic rings. The summed E-state index contributed by atoms with van der Waals surface area (Å²) in [6.07, 6.45) is 0.126. The lowest BCUT2D eigenvalue weighted by atomic mass is 9.99. The van der Waals surface area contributed by atoms with Crippen LogP contribution in [0.15, 0.2) is 75.9 Å². The van der Waals surface area contributed by atoms with E-state index in [0.29, 0.717) is 32.9 Å². The number of esters is 1. The molecular weight excluding hydrogens is 416 g/mol. The molecule has 0 bridgehead atoms. The zero-order valence-corrected chi connectivity index (χ0v) is 17.7. The summed E-state index contributed by atoms with van der Waals surface area (Å²) in [4.78, 5) is 24.9. The van der Waals surface area contributed by atoms with Crippen molar-refractivity contribution in [2.75, 3.05) is 7.11 Å². The van der Waals surface area contributed by atoms with Gasteiger partial charge in [0, 0.05) is 10.4 Å². The van der Waals surface area contributed by atoms with Gasteiger partial charge in [-0.15, -0.1) is 0 Å². The predicted octanol–water partition coefficient (Wildman–Crippen LogP) is 5.58. The first-order chi connectivity index (χ1) is 14.9. The van der Waals surface area contributed by atoms with E-state index in [1.54, 1.807) is 61.7 Å². The summed E-state index contributed by atoms with van der Waals surface area (Å²) in [5, 5.41) is 1.27. The molecule has 0 aliphatic rings. The number of hydrogen-bond acceptors (Lipinski definition) is 5. The van der Waals surface area contributed by atoms with Crippen LogP contribution in [0.4, 0.5) is 0 Å². The summed E-state index contributed by atoms with van der Waals surface area (Å²) in [5.74, 6) is 0.711. The Hall–Kier alpha value is -3.57. The second-order valence-electron chi connectivity index (χ2n) is 7.05. The molecule has 1 heterocycles. The zero-order valence-electron chi connectivity index (χ0n) is 17.0. The fourth-order valence-corrected chi connectivity index (χ4v) is 3.55. The summed E-state index contributed by atoms with van der Waals surface area (Å²) >= 11 is 5.96. The van der Waals surface area contributed by atoms with Gasteiger partial charge in [-0.05, 0) is 66.1 Å². The van der Waals surface area contributed by atoms with Crippen molar-refractivity contribution < 1.29 is 18.7 Å². The lowest BCUT2D eigenvalue weighted by molar-refractivity contribution is -0.133. The van der Waals surface area contributed by atoms with Crippen LogP contribution in [0.25, 0.3) is 22.1 Å². The van der Waals surface area contributed by atoms with Crippen molar-refractivity contribution in [1.82, 2.24) is 0 Å². The maximum Gasteiger partial charge on any atom is 0.344 e. The highest BCUT2D eigenvalue weighted by molar-refractivity contribution is 6.30. The summed E-state index contributed by atoms with van der Waals surface area (Å²) in [6.45, 7) is 1.84. The van der Waals surface area contributed by atoms with Crippen molar-refractivity contribution >= 4 is 28.5 Å². The summed E-state index contributed by atoms with van der Waals surface area (Å²) < 4.78 is 16.1. The molecule has 3 aromatic carbocycles. The average molecular weight is 435 g/mol. The van der Waals surface area contributed by atoms with Gasteiger partial charge in [-0.1, -0.05) is 35.9 Å². The van der Waals surface area contributed by atoms with E-state index in [-0.39, 0.29) is 6.42 Å². The molecule has 4 rings (SSSR count). The largest absolute Gasteiger partial charge is 0.497 e. The number of benzene rings is 3. The predicted molar refractivity (Wildman–Crippen MR) is 120 cm³/mol. The highest BCUT2D eigenvalue weighted by Gasteiger charge is 2.15. The molecule has 6 heteroatoms. The van der Waals surface area contributed by atoms with Crippen molar-refractivity contribution in [3.63, 3.8) is 0 Å². The Bertz CT molecular complexity index is 1310. The van der Waals surface area contributed by atoms with Crippen LogP contribution in [0.5, 0.6) is 11.5 Å². The molecule has 0 atom stereocenters. The maximum atomic E-state index is 12.6. The quantitative estimate of drug-likeness (QED) is 0.233. The topological polar surface area (TPSA) is 65.7 Å². The fraction of sp³-hybridized carbons (Fsp3) is 0.120. The number of rotatable bonds is 5. The van der Waals surface area contributed by atoms with Crippen LogP contribution in [-0.2, 0) is 11.2 Å². The van der Waals surface area contributed by atoms with Crippen LogP contribution in [0.3, 0.4) is 0 Å². The molecule has 156 valence electrons. The van der Waals surface area contributed by atoms with E-state index in [9.17, 15) is 9.59 Å². The van der Waals surface area contributed by atoms with Crippen LogP contribution in [0, 0.1) is 6.92 Å². The lowest BCUT2D eigenvalue weighted by Crippen LogP contribution is -2.11. The Labute approximate surface area is 183 Å². The molecule has 0 fully saturated rings. The Balaban J connectivity index is 1.62. The van der Waals surface area contributed by atoms with E-state index in [1.165, 1.54) is 0 Å². The number of halogens is 1. The van der Waals surface area contributed by atoms with E-state index in [4.69, 9.17) is 25.5 Å². The van der Waals surface area contributed by atoms with Crippen molar-refractivity contribution in [3.05, 3.63) is 93.3 Å². The average Bonchev–Trinajstić information content (AvgIpc) is 2.76. The molecule has 1 aromatic heterocycles. The molecule has 31 heavy (non-hydrogen) atoms. The van der Waals surface area contributed by atoms with Gasteiger partial charge in [0.1, 0.15) is 17.1 Å².